The van der Waals surface area contributed by atoms with Crippen LogP contribution in [0.5, 0.6) is 0 Å². The van der Waals surface area contributed by atoms with Crippen molar-refractivity contribution in [2.75, 3.05) is 0 Å². The van der Waals surface area contributed by atoms with Gasteiger partial charge in [-0.25, -0.2) is 0 Å². The summed E-state index contributed by atoms with van der Waals surface area (Å²) >= 11 is 7.07. The second-order valence-electron chi connectivity index (χ2n) is 3.67. The van der Waals surface area contributed by atoms with E-state index in [9.17, 15) is 0 Å². The minimum absolute atomic E-state index is 0.135. The van der Waals surface area contributed by atoms with Crippen LogP contribution in [0.2, 0.25) is 0 Å². The summed E-state index contributed by atoms with van der Waals surface area (Å²) in [5, 5.41) is 0. The Morgan fingerprint density at radius 2 is 1.94 bits per heavy atom. The van der Waals surface area contributed by atoms with Crippen molar-refractivity contribution in [3.63, 3.8) is 0 Å². The Kier molecular flexibility index (Phi) is 4.19. The molecule has 86 valence electrons. The molecular formula is C12H14BrNS2. The van der Waals surface area contributed by atoms with Crippen LogP contribution in [0, 0.1) is 0 Å². The van der Waals surface area contributed by atoms with Crippen LogP contribution in [0.15, 0.2) is 28.1 Å². The lowest BCUT2D eigenvalue weighted by Crippen LogP contribution is -2.10. The number of halogens is 1. The first-order valence-electron chi connectivity index (χ1n) is 5.27. The van der Waals surface area contributed by atoms with E-state index >= 15 is 0 Å². The highest BCUT2D eigenvalue weighted by Crippen LogP contribution is 2.28. The van der Waals surface area contributed by atoms with Crippen LogP contribution in [0.3, 0.4) is 0 Å². The fraction of sp³-hybridized carbons (Fsp3) is 0.333. The van der Waals surface area contributed by atoms with Gasteiger partial charge in [-0.2, -0.15) is 0 Å². The number of aryl methyl sites for hydroxylation is 1. The van der Waals surface area contributed by atoms with Gasteiger partial charge in [-0.05, 0) is 46.6 Å². The number of hydrogen-bond acceptors (Lipinski definition) is 3. The molecule has 0 saturated heterocycles. The minimum Gasteiger partial charge on any atom is -0.323 e. The molecule has 2 aromatic heterocycles. The molecule has 1 atom stereocenters. The summed E-state index contributed by atoms with van der Waals surface area (Å²) in [6.07, 6.45) is 2.03. The Morgan fingerprint density at radius 1 is 1.19 bits per heavy atom. The van der Waals surface area contributed by atoms with Gasteiger partial charge >= 0.3 is 0 Å². The van der Waals surface area contributed by atoms with Crippen molar-refractivity contribution in [2.45, 2.75) is 25.8 Å². The highest BCUT2D eigenvalue weighted by molar-refractivity contribution is 9.11. The minimum atomic E-state index is 0.135. The maximum atomic E-state index is 6.21. The van der Waals surface area contributed by atoms with Crippen molar-refractivity contribution >= 4 is 38.6 Å². The number of rotatable bonds is 4. The predicted octanol–water partition coefficient (Wildman–Crippen LogP) is 4.38. The summed E-state index contributed by atoms with van der Waals surface area (Å²) in [5.41, 5.74) is 6.21. The number of thiophene rings is 2. The molecular weight excluding hydrogens is 302 g/mol. The van der Waals surface area contributed by atoms with Crippen LogP contribution in [0.25, 0.3) is 0 Å². The quantitative estimate of drug-likeness (QED) is 0.890. The third kappa shape index (κ3) is 2.94. The van der Waals surface area contributed by atoms with E-state index in [1.807, 2.05) is 11.3 Å². The van der Waals surface area contributed by atoms with Gasteiger partial charge < -0.3 is 5.73 Å². The molecule has 4 heteroatoms. The van der Waals surface area contributed by atoms with Crippen molar-refractivity contribution < 1.29 is 0 Å². The molecule has 1 nitrogen and oxygen atoms in total. The fourth-order valence-corrected chi connectivity index (χ4v) is 4.06. The Balaban J connectivity index is 2.05. The molecule has 2 aromatic rings. The summed E-state index contributed by atoms with van der Waals surface area (Å²) in [6.45, 7) is 2.18. The van der Waals surface area contributed by atoms with E-state index in [0.29, 0.717) is 0 Å². The van der Waals surface area contributed by atoms with Gasteiger partial charge in [-0.3, -0.25) is 0 Å². The van der Waals surface area contributed by atoms with E-state index < -0.39 is 0 Å². The third-order valence-corrected chi connectivity index (χ3v) is 5.45. The standard InChI is InChI=1S/C12H14BrNS2/c1-2-8-3-5-11(15-8)10(14)7-9-4-6-12(13)16-9/h3-6,10H,2,7,14H2,1H3. The second-order valence-corrected chi connectivity index (χ2v) is 7.42. The lowest BCUT2D eigenvalue weighted by molar-refractivity contribution is 0.745. The summed E-state index contributed by atoms with van der Waals surface area (Å²) in [4.78, 5) is 4.05. The summed E-state index contributed by atoms with van der Waals surface area (Å²) in [7, 11) is 0. The molecule has 2 N–H and O–H groups in total. The van der Waals surface area contributed by atoms with Crippen molar-refractivity contribution in [2.24, 2.45) is 5.73 Å². The van der Waals surface area contributed by atoms with E-state index in [0.717, 1.165) is 12.8 Å². The van der Waals surface area contributed by atoms with Crippen LogP contribution in [-0.2, 0) is 12.8 Å². The Labute approximate surface area is 112 Å². The lowest BCUT2D eigenvalue weighted by Gasteiger charge is -2.07. The molecule has 0 fully saturated rings. The van der Waals surface area contributed by atoms with Crippen molar-refractivity contribution in [3.8, 4) is 0 Å². The van der Waals surface area contributed by atoms with E-state index in [1.54, 1.807) is 11.3 Å². The SMILES string of the molecule is CCc1ccc(C(N)Cc2ccc(Br)s2)s1. The molecule has 0 radical (unpaired) electrons. The summed E-state index contributed by atoms with van der Waals surface area (Å²) in [5.74, 6) is 0. The van der Waals surface area contributed by atoms with Gasteiger partial charge in [-0.1, -0.05) is 6.92 Å². The summed E-state index contributed by atoms with van der Waals surface area (Å²) in [6, 6.07) is 8.71. The van der Waals surface area contributed by atoms with Gasteiger partial charge in [0.25, 0.3) is 0 Å². The molecule has 0 aromatic carbocycles. The average molecular weight is 316 g/mol. The topological polar surface area (TPSA) is 26.0 Å². The van der Waals surface area contributed by atoms with Gasteiger partial charge in [0.15, 0.2) is 0 Å². The molecule has 16 heavy (non-hydrogen) atoms. The summed E-state index contributed by atoms with van der Waals surface area (Å²) < 4.78 is 1.18. The average Bonchev–Trinajstić information content (AvgIpc) is 2.87. The number of nitrogens with two attached hydrogens (primary N) is 1. The van der Waals surface area contributed by atoms with Crippen molar-refractivity contribution in [1.82, 2.24) is 0 Å². The van der Waals surface area contributed by atoms with Gasteiger partial charge in [0.1, 0.15) is 0 Å². The van der Waals surface area contributed by atoms with Crippen LogP contribution < -0.4 is 5.73 Å². The molecule has 0 amide bonds. The van der Waals surface area contributed by atoms with Crippen molar-refractivity contribution in [1.29, 1.82) is 0 Å². The van der Waals surface area contributed by atoms with Gasteiger partial charge in [0.2, 0.25) is 0 Å². The Bertz CT molecular complexity index is 461. The molecule has 0 saturated carbocycles. The van der Waals surface area contributed by atoms with Crippen LogP contribution in [0.4, 0.5) is 0 Å². The highest BCUT2D eigenvalue weighted by atomic mass is 79.9. The van der Waals surface area contributed by atoms with Gasteiger partial charge in [0, 0.05) is 27.1 Å². The van der Waals surface area contributed by atoms with Crippen LogP contribution in [-0.4, -0.2) is 0 Å². The van der Waals surface area contributed by atoms with Gasteiger partial charge in [-0.15, -0.1) is 22.7 Å². The first-order valence-corrected chi connectivity index (χ1v) is 7.70. The zero-order valence-electron chi connectivity index (χ0n) is 9.07. The molecule has 0 bridgehead atoms. The first-order chi connectivity index (χ1) is 7.69. The third-order valence-electron chi connectivity index (χ3n) is 2.45. The molecule has 0 aliphatic heterocycles. The van der Waals surface area contributed by atoms with Crippen LogP contribution >= 0.6 is 38.6 Å². The monoisotopic (exact) mass is 315 g/mol. The molecule has 1 unspecified atom stereocenters. The van der Waals surface area contributed by atoms with E-state index in [4.69, 9.17) is 5.73 Å². The second kappa shape index (κ2) is 5.45. The zero-order chi connectivity index (χ0) is 11.5. The van der Waals surface area contributed by atoms with Crippen LogP contribution in [0.1, 0.15) is 27.6 Å². The van der Waals surface area contributed by atoms with Crippen molar-refractivity contribution in [3.05, 3.63) is 42.7 Å². The van der Waals surface area contributed by atoms with E-state index in [-0.39, 0.29) is 6.04 Å². The normalized spacial score (nSPS) is 12.9. The van der Waals surface area contributed by atoms with E-state index in [1.165, 1.54) is 18.4 Å². The zero-order valence-corrected chi connectivity index (χ0v) is 12.3. The first kappa shape index (κ1) is 12.3. The fourth-order valence-electron chi connectivity index (χ4n) is 1.56. The highest BCUT2D eigenvalue weighted by Gasteiger charge is 2.10. The molecule has 0 aliphatic rings. The molecule has 0 aliphatic carbocycles. The lowest BCUT2D eigenvalue weighted by atomic mass is 10.1. The smallest absolute Gasteiger partial charge is 0.0701 e. The molecule has 2 rings (SSSR count). The largest absolute Gasteiger partial charge is 0.323 e. The maximum Gasteiger partial charge on any atom is 0.0701 e. The van der Waals surface area contributed by atoms with Gasteiger partial charge in [0.05, 0.1) is 3.79 Å². The Hall–Kier alpha value is -0.160. The predicted molar refractivity (Wildman–Crippen MR) is 76.3 cm³/mol. The number of hydrogen-bond donors (Lipinski definition) is 1. The maximum absolute atomic E-state index is 6.21. The molecule has 0 spiro atoms. The Morgan fingerprint density at radius 3 is 2.50 bits per heavy atom. The van der Waals surface area contributed by atoms with E-state index in [2.05, 4.69) is 47.1 Å². The molecule has 2 heterocycles.